The summed E-state index contributed by atoms with van der Waals surface area (Å²) in [6.07, 6.45) is 9.40. The first kappa shape index (κ1) is 20.1. The number of hydrogen-bond donors (Lipinski definition) is 0. The van der Waals surface area contributed by atoms with Crippen LogP contribution < -0.4 is 18.9 Å². The largest absolute Gasteiger partial charge is 0.493 e. The smallest absolute Gasteiger partial charge is 0.231 e. The van der Waals surface area contributed by atoms with E-state index in [0.717, 1.165) is 42.4 Å². The summed E-state index contributed by atoms with van der Waals surface area (Å²) in [5.41, 5.74) is 6.34. The zero-order valence-electron chi connectivity index (χ0n) is 18.7. The lowest BCUT2D eigenvalue weighted by atomic mass is 9.84. The molecule has 0 aromatic heterocycles. The molecule has 0 radical (unpaired) electrons. The highest BCUT2D eigenvalue weighted by Gasteiger charge is 2.36. The van der Waals surface area contributed by atoms with E-state index in [9.17, 15) is 0 Å². The molecule has 0 amide bonds. The van der Waals surface area contributed by atoms with E-state index in [2.05, 4.69) is 36.1 Å². The van der Waals surface area contributed by atoms with Gasteiger partial charge in [-0.05, 0) is 48.2 Å². The molecule has 0 fully saturated rings. The van der Waals surface area contributed by atoms with Gasteiger partial charge in [0.15, 0.2) is 23.0 Å². The lowest BCUT2D eigenvalue weighted by molar-refractivity contribution is 0.174. The van der Waals surface area contributed by atoms with E-state index in [1.54, 1.807) is 14.2 Å². The van der Waals surface area contributed by atoms with Crippen LogP contribution in [0, 0.1) is 0 Å². The van der Waals surface area contributed by atoms with E-state index in [-0.39, 0.29) is 6.04 Å². The zero-order chi connectivity index (χ0) is 21.4. The number of rotatable bonds is 7. The van der Waals surface area contributed by atoms with Crippen LogP contribution in [0.5, 0.6) is 23.0 Å². The molecule has 3 aliphatic rings. The van der Waals surface area contributed by atoms with E-state index < -0.39 is 0 Å². The van der Waals surface area contributed by atoms with Crippen LogP contribution in [0.4, 0.5) is 0 Å². The van der Waals surface area contributed by atoms with Crippen molar-refractivity contribution in [3.05, 3.63) is 46.5 Å². The van der Waals surface area contributed by atoms with E-state index in [1.807, 2.05) is 6.07 Å². The van der Waals surface area contributed by atoms with Crippen molar-refractivity contribution in [3.8, 4) is 23.0 Å². The highest BCUT2D eigenvalue weighted by Crippen LogP contribution is 2.51. The van der Waals surface area contributed by atoms with Crippen LogP contribution in [0.1, 0.15) is 67.3 Å². The third-order valence-corrected chi connectivity index (χ3v) is 6.76. The van der Waals surface area contributed by atoms with Gasteiger partial charge in [0.1, 0.15) is 0 Å². The third kappa shape index (κ3) is 3.40. The molecule has 0 saturated heterocycles. The van der Waals surface area contributed by atoms with Gasteiger partial charge in [-0.3, -0.25) is 0 Å². The molecule has 2 aromatic rings. The topological polar surface area (TPSA) is 40.2 Å². The molecule has 3 aliphatic heterocycles. The Morgan fingerprint density at radius 1 is 1.03 bits per heavy atom. The van der Waals surface area contributed by atoms with Crippen molar-refractivity contribution in [3.63, 3.8) is 0 Å². The van der Waals surface area contributed by atoms with Crippen molar-refractivity contribution in [2.24, 2.45) is 0 Å². The van der Waals surface area contributed by atoms with Gasteiger partial charge in [-0.25, -0.2) is 0 Å². The summed E-state index contributed by atoms with van der Waals surface area (Å²) >= 11 is 0. The van der Waals surface area contributed by atoms with Crippen molar-refractivity contribution in [1.29, 1.82) is 0 Å². The fourth-order valence-electron chi connectivity index (χ4n) is 5.23. The van der Waals surface area contributed by atoms with Gasteiger partial charge in [-0.2, -0.15) is 0 Å². The Balaban J connectivity index is 1.61. The molecule has 31 heavy (non-hydrogen) atoms. The minimum Gasteiger partial charge on any atom is -0.493 e. The molecule has 5 heteroatoms. The fraction of sp³-hybridized carbons (Fsp3) is 0.462. The minimum absolute atomic E-state index is 0.274. The van der Waals surface area contributed by atoms with Crippen molar-refractivity contribution in [2.45, 2.75) is 51.5 Å². The van der Waals surface area contributed by atoms with E-state index in [1.165, 1.54) is 53.6 Å². The summed E-state index contributed by atoms with van der Waals surface area (Å²) < 4.78 is 22.8. The van der Waals surface area contributed by atoms with Crippen LogP contribution in [0.2, 0.25) is 0 Å². The Bertz CT molecular complexity index is 1010. The predicted molar refractivity (Wildman–Crippen MR) is 122 cm³/mol. The molecule has 2 aromatic carbocycles. The second kappa shape index (κ2) is 8.37. The second-order valence-electron chi connectivity index (χ2n) is 8.50. The quantitative estimate of drug-likeness (QED) is 0.527. The molecule has 0 saturated carbocycles. The molecule has 0 bridgehead atoms. The number of hydrogen-bond acceptors (Lipinski definition) is 5. The Morgan fingerprint density at radius 2 is 1.87 bits per heavy atom. The van der Waals surface area contributed by atoms with Gasteiger partial charge in [0.05, 0.1) is 20.3 Å². The molecule has 1 atom stereocenters. The minimum atomic E-state index is 0.274. The number of benzene rings is 2. The summed E-state index contributed by atoms with van der Waals surface area (Å²) in [6, 6.07) is 8.78. The average Bonchev–Trinajstić information content (AvgIpc) is 3.26. The molecule has 164 valence electrons. The fourth-order valence-corrected chi connectivity index (χ4v) is 5.23. The summed E-state index contributed by atoms with van der Waals surface area (Å²) in [5, 5.41) is 0. The molecular weight excluding hydrogens is 390 g/mol. The monoisotopic (exact) mass is 421 g/mol. The number of unbranched alkanes of at least 4 members (excludes halogenated alkanes) is 3. The number of methoxy groups -OCH3 is 2. The van der Waals surface area contributed by atoms with E-state index in [0.29, 0.717) is 6.79 Å². The Labute approximate surface area is 184 Å². The average molecular weight is 422 g/mol. The number of nitrogens with zero attached hydrogens (tertiary/aromatic N) is 1. The first-order valence-corrected chi connectivity index (χ1v) is 11.4. The molecule has 0 aliphatic carbocycles. The highest BCUT2D eigenvalue weighted by molar-refractivity contribution is 5.88. The van der Waals surface area contributed by atoms with Gasteiger partial charge in [-0.15, -0.1) is 0 Å². The summed E-state index contributed by atoms with van der Waals surface area (Å²) in [7, 11) is 3.46. The van der Waals surface area contributed by atoms with Crippen molar-refractivity contribution in [2.75, 3.05) is 27.6 Å². The maximum Gasteiger partial charge on any atom is 0.231 e. The van der Waals surface area contributed by atoms with Crippen LogP contribution in [0.15, 0.2) is 24.3 Å². The van der Waals surface area contributed by atoms with Crippen LogP contribution in [0.25, 0.3) is 11.8 Å². The van der Waals surface area contributed by atoms with Crippen molar-refractivity contribution >= 4 is 11.8 Å². The van der Waals surface area contributed by atoms with Crippen molar-refractivity contribution in [1.82, 2.24) is 4.90 Å². The molecule has 0 spiro atoms. The lowest BCUT2D eigenvalue weighted by Crippen LogP contribution is -2.35. The van der Waals surface area contributed by atoms with E-state index in [4.69, 9.17) is 18.9 Å². The Hall–Kier alpha value is -2.82. The van der Waals surface area contributed by atoms with Crippen LogP contribution in [-0.4, -0.2) is 32.5 Å². The maximum atomic E-state index is 5.88. The zero-order valence-corrected chi connectivity index (χ0v) is 18.7. The Kier molecular flexibility index (Phi) is 5.43. The Morgan fingerprint density at radius 3 is 2.65 bits per heavy atom. The van der Waals surface area contributed by atoms with Crippen LogP contribution in [-0.2, 0) is 6.42 Å². The first-order valence-electron chi connectivity index (χ1n) is 11.4. The summed E-state index contributed by atoms with van der Waals surface area (Å²) in [6.45, 7) is 3.55. The predicted octanol–water partition coefficient (Wildman–Crippen LogP) is 5.81. The molecule has 0 N–H and O–H groups in total. The molecule has 3 heterocycles. The third-order valence-electron chi connectivity index (χ3n) is 6.76. The summed E-state index contributed by atoms with van der Waals surface area (Å²) in [5.74, 6) is 3.38. The normalized spacial score (nSPS) is 18.1. The second-order valence-corrected chi connectivity index (χ2v) is 8.50. The lowest BCUT2D eigenvalue weighted by Gasteiger charge is -2.43. The van der Waals surface area contributed by atoms with Gasteiger partial charge in [0.25, 0.3) is 0 Å². The number of fused-ring (bicyclic) bond motifs is 5. The van der Waals surface area contributed by atoms with Crippen molar-refractivity contribution < 1.29 is 18.9 Å². The maximum absolute atomic E-state index is 5.88. The standard InChI is InChI=1S/C26H31NO4/c1-4-5-6-7-8-20-25-18(9-10-22(28-2)26(25)29-3)13-21-19-15-24-23(30-16-31-24)14-17(19)11-12-27(20)21/h9-10,13-15,20H,4-8,11-12,16H2,1-3H3. The van der Waals surface area contributed by atoms with Gasteiger partial charge in [-0.1, -0.05) is 38.7 Å². The van der Waals surface area contributed by atoms with Gasteiger partial charge in [0.2, 0.25) is 6.79 Å². The first-order chi connectivity index (χ1) is 15.2. The molecule has 5 nitrogen and oxygen atoms in total. The number of ether oxygens (including phenoxy) is 4. The van der Waals surface area contributed by atoms with E-state index >= 15 is 0 Å². The molecule has 1 unspecified atom stereocenters. The van der Waals surface area contributed by atoms with Gasteiger partial charge < -0.3 is 23.8 Å². The van der Waals surface area contributed by atoms with Gasteiger partial charge >= 0.3 is 0 Å². The summed E-state index contributed by atoms with van der Waals surface area (Å²) in [4.78, 5) is 2.57. The van der Waals surface area contributed by atoms with Crippen LogP contribution in [0.3, 0.4) is 0 Å². The molecule has 5 rings (SSSR count). The highest BCUT2D eigenvalue weighted by atomic mass is 16.7. The van der Waals surface area contributed by atoms with Gasteiger partial charge in [0, 0.05) is 23.4 Å². The molecular formula is C26H31NO4. The van der Waals surface area contributed by atoms with Crippen LogP contribution >= 0.6 is 0 Å². The SMILES string of the molecule is CCCCCCC1c2c(ccc(OC)c2OC)C=C2c3cc4c(cc3CCN21)OCO4.